The van der Waals surface area contributed by atoms with Crippen LogP contribution in [0.25, 0.3) is 0 Å². The van der Waals surface area contributed by atoms with Crippen molar-refractivity contribution in [2.75, 3.05) is 40.9 Å². The van der Waals surface area contributed by atoms with Crippen molar-refractivity contribution >= 4 is 29.6 Å². The molecule has 0 atom stereocenters. The number of carbonyl (C=O) groups is 2. The standard InChI is InChI=1S/C20H21N3O3/c24-15-26-19-5-3-4-18(14-19)23-13-12-22(20(23)25)17-8-6-16(7-9-17)21-10-1-2-11-21/h3-9,14-15H,1-2,10-13H2. The molecule has 0 N–H and O–H groups in total. The largest absolute Gasteiger partial charge is 0.429 e. The Kier molecular flexibility index (Phi) is 4.48. The van der Waals surface area contributed by atoms with Gasteiger partial charge in [0.05, 0.1) is 0 Å². The third-order valence-corrected chi connectivity index (χ3v) is 4.96. The fourth-order valence-corrected chi connectivity index (χ4v) is 3.62. The molecule has 2 fully saturated rings. The van der Waals surface area contributed by atoms with E-state index in [-0.39, 0.29) is 6.03 Å². The maximum atomic E-state index is 12.8. The molecule has 2 aromatic rings. The van der Waals surface area contributed by atoms with Gasteiger partial charge in [0.15, 0.2) is 0 Å². The number of hydrogen-bond acceptors (Lipinski definition) is 4. The van der Waals surface area contributed by atoms with Gasteiger partial charge in [-0.2, -0.15) is 0 Å². The summed E-state index contributed by atoms with van der Waals surface area (Å²) in [5.41, 5.74) is 2.85. The molecule has 4 rings (SSSR count). The Morgan fingerprint density at radius 1 is 0.808 bits per heavy atom. The van der Waals surface area contributed by atoms with Crippen LogP contribution in [0.3, 0.4) is 0 Å². The zero-order valence-electron chi connectivity index (χ0n) is 14.5. The number of rotatable bonds is 5. The van der Waals surface area contributed by atoms with Crippen molar-refractivity contribution in [2.24, 2.45) is 0 Å². The van der Waals surface area contributed by atoms with E-state index in [4.69, 9.17) is 4.74 Å². The molecule has 0 aromatic heterocycles. The van der Waals surface area contributed by atoms with Crippen LogP contribution < -0.4 is 19.4 Å². The summed E-state index contributed by atoms with van der Waals surface area (Å²) >= 11 is 0. The van der Waals surface area contributed by atoms with Crippen LogP contribution in [0.5, 0.6) is 5.75 Å². The van der Waals surface area contributed by atoms with E-state index < -0.39 is 0 Å². The van der Waals surface area contributed by atoms with E-state index in [1.54, 1.807) is 28.0 Å². The average Bonchev–Trinajstić information content (AvgIpc) is 3.32. The Morgan fingerprint density at radius 3 is 2.15 bits per heavy atom. The molecule has 2 aliphatic heterocycles. The molecule has 2 heterocycles. The van der Waals surface area contributed by atoms with E-state index in [0.717, 1.165) is 24.5 Å². The maximum Gasteiger partial charge on any atom is 0.329 e. The van der Waals surface area contributed by atoms with Gasteiger partial charge in [-0.3, -0.25) is 14.6 Å². The minimum atomic E-state index is -0.0674. The summed E-state index contributed by atoms with van der Waals surface area (Å²) in [5, 5.41) is 0. The smallest absolute Gasteiger partial charge is 0.329 e. The number of anilines is 3. The lowest BCUT2D eigenvalue weighted by molar-refractivity contribution is -0.120. The second kappa shape index (κ2) is 7.07. The molecule has 0 bridgehead atoms. The summed E-state index contributed by atoms with van der Waals surface area (Å²) in [6.07, 6.45) is 2.49. The molecule has 2 aliphatic rings. The van der Waals surface area contributed by atoms with Gasteiger partial charge in [0.25, 0.3) is 6.47 Å². The van der Waals surface area contributed by atoms with Crippen molar-refractivity contribution < 1.29 is 14.3 Å². The Labute approximate surface area is 152 Å². The van der Waals surface area contributed by atoms with Crippen LogP contribution in [-0.2, 0) is 4.79 Å². The van der Waals surface area contributed by atoms with Gasteiger partial charge in [-0.25, -0.2) is 4.79 Å². The number of carbonyl (C=O) groups excluding carboxylic acids is 2. The molecule has 2 aromatic carbocycles. The fourth-order valence-electron chi connectivity index (χ4n) is 3.62. The van der Waals surface area contributed by atoms with Crippen molar-refractivity contribution in [1.82, 2.24) is 0 Å². The molecule has 0 spiro atoms. The first-order valence-electron chi connectivity index (χ1n) is 8.91. The Balaban J connectivity index is 1.50. The highest BCUT2D eigenvalue weighted by molar-refractivity contribution is 6.06. The summed E-state index contributed by atoms with van der Waals surface area (Å²) in [5.74, 6) is 0.429. The lowest BCUT2D eigenvalue weighted by Gasteiger charge is -2.21. The zero-order chi connectivity index (χ0) is 17.9. The molecule has 26 heavy (non-hydrogen) atoms. The number of nitrogens with zero attached hydrogens (tertiary/aromatic N) is 3. The summed E-state index contributed by atoms with van der Waals surface area (Å²) in [6, 6.07) is 15.2. The Bertz CT molecular complexity index is 800. The van der Waals surface area contributed by atoms with Gasteiger partial charge in [-0.15, -0.1) is 0 Å². The molecule has 0 aliphatic carbocycles. The van der Waals surface area contributed by atoms with Crippen LogP contribution in [0.15, 0.2) is 48.5 Å². The molecular weight excluding hydrogens is 330 g/mol. The first-order valence-corrected chi connectivity index (χ1v) is 8.91. The van der Waals surface area contributed by atoms with Gasteiger partial charge in [-0.1, -0.05) is 6.07 Å². The Morgan fingerprint density at radius 2 is 1.46 bits per heavy atom. The van der Waals surface area contributed by atoms with Crippen molar-refractivity contribution in [1.29, 1.82) is 0 Å². The monoisotopic (exact) mass is 351 g/mol. The molecular formula is C20H21N3O3. The van der Waals surface area contributed by atoms with Crippen LogP contribution >= 0.6 is 0 Å². The lowest BCUT2D eigenvalue weighted by atomic mass is 10.2. The van der Waals surface area contributed by atoms with Crippen LogP contribution in [0.2, 0.25) is 0 Å². The molecule has 134 valence electrons. The molecule has 2 saturated heterocycles. The highest BCUT2D eigenvalue weighted by Gasteiger charge is 2.31. The van der Waals surface area contributed by atoms with E-state index in [0.29, 0.717) is 25.3 Å². The molecule has 0 saturated carbocycles. The summed E-state index contributed by atoms with van der Waals surface area (Å²) in [4.78, 5) is 29.2. The highest BCUT2D eigenvalue weighted by atomic mass is 16.5. The molecule has 0 radical (unpaired) electrons. The van der Waals surface area contributed by atoms with Crippen LogP contribution in [0.1, 0.15) is 12.8 Å². The van der Waals surface area contributed by atoms with Gasteiger partial charge in [0, 0.05) is 49.3 Å². The predicted octanol–water partition coefficient (Wildman–Crippen LogP) is 3.27. The van der Waals surface area contributed by atoms with Crippen molar-refractivity contribution in [3.05, 3.63) is 48.5 Å². The first-order chi connectivity index (χ1) is 12.8. The fraction of sp³-hybridized carbons (Fsp3) is 0.300. The zero-order valence-corrected chi connectivity index (χ0v) is 14.5. The minimum Gasteiger partial charge on any atom is -0.429 e. The third-order valence-electron chi connectivity index (χ3n) is 4.96. The van der Waals surface area contributed by atoms with E-state index in [1.165, 1.54) is 18.5 Å². The lowest BCUT2D eigenvalue weighted by Crippen LogP contribution is -2.31. The quantitative estimate of drug-likeness (QED) is 0.776. The van der Waals surface area contributed by atoms with Crippen molar-refractivity contribution in [3.8, 4) is 5.75 Å². The normalized spacial score (nSPS) is 17.1. The number of amides is 2. The van der Waals surface area contributed by atoms with E-state index in [2.05, 4.69) is 17.0 Å². The number of ether oxygens (including phenoxy) is 1. The first kappa shape index (κ1) is 16.4. The van der Waals surface area contributed by atoms with E-state index in [9.17, 15) is 9.59 Å². The number of hydrogen-bond donors (Lipinski definition) is 0. The van der Waals surface area contributed by atoms with Gasteiger partial charge in [-0.05, 0) is 49.2 Å². The van der Waals surface area contributed by atoms with Gasteiger partial charge < -0.3 is 9.64 Å². The second-order valence-corrected chi connectivity index (χ2v) is 6.51. The van der Waals surface area contributed by atoms with E-state index in [1.807, 2.05) is 18.2 Å². The topological polar surface area (TPSA) is 53.1 Å². The summed E-state index contributed by atoms with van der Waals surface area (Å²) in [7, 11) is 0. The summed E-state index contributed by atoms with van der Waals surface area (Å²) < 4.78 is 4.88. The number of urea groups is 1. The van der Waals surface area contributed by atoms with Gasteiger partial charge in [0.2, 0.25) is 0 Å². The second-order valence-electron chi connectivity index (χ2n) is 6.51. The maximum absolute atomic E-state index is 12.8. The van der Waals surface area contributed by atoms with Gasteiger partial charge in [0.1, 0.15) is 5.75 Å². The highest BCUT2D eigenvalue weighted by Crippen LogP contribution is 2.29. The van der Waals surface area contributed by atoms with Crippen LogP contribution in [0.4, 0.5) is 21.9 Å². The molecule has 2 amide bonds. The summed E-state index contributed by atoms with van der Waals surface area (Å²) in [6.45, 7) is 3.82. The predicted molar refractivity (Wildman–Crippen MR) is 101 cm³/mol. The van der Waals surface area contributed by atoms with E-state index >= 15 is 0 Å². The average molecular weight is 351 g/mol. The molecule has 6 nitrogen and oxygen atoms in total. The van der Waals surface area contributed by atoms with Crippen LogP contribution in [0, 0.1) is 0 Å². The van der Waals surface area contributed by atoms with Crippen molar-refractivity contribution in [2.45, 2.75) is 12.8 Å². The van der Waals surface area contributed by atoms with Crippen molar-refractivity contribution in [3.63, 3.8) is 0 Å². The number of benzene rings is 2. The van der Waals surface area contributed by atoms with Crippen LogP contribution in [-0.4, -0.2) is 38.7 Å². The minimum absolute atomic E-state index is 0.0674. The molecule has 6 heteroatoms. The molecule has 0 unspecified atom stereocenters. The SMILES string of the molecule is O=COc1cccc(N2CCN(c3ccc(N4CCCC4)cc3)C2=O)c1. The Hall–Kier alpha value is -3.02. The van der Waals surface area contributed by atoms with Gasteiger partial charge >= 0.3 is 6.03 Å². The third kappa shape index (κ3) is 3.10.